The number of hydrogen-bond acceptors (Lipinski definition) is 0. The Labute approximate surface area is 131 Å². The Bertz CT molecular complexity index is 79.3. The molecular weight excluding hydrogens is 308 g/mol. The smallest absolute Gasteiger partial charge is 0 e. The molecule has 0 saturated heterocycles. The van der Waals surface area contributed by atoms with E-state index in [0.717, 1.165) is 6.42 Å². The molecule has 0 aliphatic rings. The Balaban J connectivity index is 0. The zero-order chi connectivity index (χ0) is 10.5. The molecule has 0 bridgehead atoms. The third-order valence-electron chi connectivity index (χ3n) is 2.85. The van der Waals surface area contributed by atoms with Crippen LogP contribution in [-0.2, 0) is 0 Å². The molecule has 0 fully saturated rings. The van der Waals surface area contributed by atoms with Crippen LogP contribution < -0.4 is 0 Å². The van der Waals surface area contributed by atoms with E-state index in [9.17, 15) is 0 Å². The summed E-state index contributed by atoms with van der Waals surface area (Å²) in [6.45, 7) is 6.14. The second-order valence-corrected chi connectivity index (χ2v) is 4.39. The van der Waals surface area contributed by atoms with Gasteiger partial charge in [0.1, 0.15) is 0 Å². The molecule has 0 aromatic carbocycles. The Morgan fingerprint density at radius 3 is 1.27 bits per heavy atom. The Kier molecular flexibility index (Phi) is 22.2. The van der Waals surface area contributed by atoms with E-state index in [1.807, 2.05) is 0 Å². The third kappa shape index (κ3) is 18.0. The summed E-state index contributed by atoms with van der Waals surface area (Å²) in [7, 11) is 0. The van der Waals surface area contributed by atoms with Gasteiger partial charge in [-0.05, 0) is 0 Å². The van der Waals surface area contributed by atoms with Crippen molar-refractivity contribution in [2.24, 2.45) is 0 Å². The van der Waals surface area contributed by atoms with E-state index in [4.69, 9.17) is 0 Å². The molecule has 0 aliphatic heterocycles. The summed E-state index contributed by atoms with van der Waals surface area (Å²) in [4.78, 5) is 0. The second-order valence-electron chi connectivity index (χ2n) is 4.39. The van der Waals surface area contributed by atoms with Gasteiger partial charge in [0.05, 0.1) is 0 Å². The normalized spacial score (nSPS) is 10.0. The van der Waals surface area contributed by atoms with Crippen molar-refractivity contribution in [2.75, 3.05) is 0 Å². The van der Waals surface area contributed by atoms with Crippen molar-refractivity contribution < 1.29 is 41.7 Å². The molecule has 0 rings (SSSR count). The molecule has 0 nitrogen and oxygen atoms in total. The monoisotopic (exact) mass is 337 g/mol. The molecule has 15 heavy (non-hydrogen) atoms. The zero-order valence-electron chi connectivity index (χ0n) is 10.7. The van der Waals surface area contributed by atoms with E-state index in [1.54, 1.807) is 0 Å². The third-order valence-corrected chi connectivity index (χ3v) is 2.85. The van der Waals surface area contributed by atoms with Crippen LogP contribution in [0.2, 0.25) is 0 Å². The van der Waals surface area contributed by atoms with E-state index in [2.05, 4.69) is 13.8 Å². The van der Waals surface area contributed by atoms with Crippen LogP contribution in [-0.4, -0.2) is 0 Å². The van der Waals surface area contributed by atoms with Crippen LogP contribution in [0, 0.1) is 48.7 Å². The van der Waals surface area contributed by atoms with Gasteiger partial charge in [-0.2, -0.15) is 0 Å². The molecule has 0 heterocycles. The van der Waals surface area contributed by atoms with Crippen LogP contribution in [0.5, 0.6) is 0 Å². The van der Waals surface area contributed by atoms with Gasteiger partial charge >= 0.3 is 0 Å². The van der Waals surface area contributed by atoms with Crippen molar-refractivity contribution in [3.05, 3.63) is 6.92 Å². The molecule has 1 heteroatoms. The molecule has 89 valence electrons. The minimum Gasteiger partial charge on any atom is -0.0654 e. The largest absolute Gasteiger partial charge is 0.0654 e. The zero-order valence-corrected chi connectivity index (χ0v) is 13.8. The first kappa shape index (κ1) is 18.7. The van der Waals surface area contributed by atoms with Gasteiger partial charge in [-0.3, -0.25) is 0 Å². The van der Waals surface area contributed by atoms with E-state index in [1.165, 1.54) is 70.6 Å². The summed E-state index contributed by atoms with van der Waals surface area (Å²) < 4.78 is 0. The molecule has 0 unspecified atom stereocenters. The Hall–Kier alpha value is 1.38. The minimum atomic E-state index is 0. The minimum absolute atomic E-state index is 0. The summed E-state index contributed by atoms with van der Waals surface area (Å²) in [5, 5.41) is 0. The number of hydrogen-bond donors (Lipinski definition) is 0. The predicted octanol–water partition coefficient (Wildman–Crippen LogP) is 5.52. The van der Waals surface area contributed by atoms with Crippen LogP contribution >= 0.6 is 0 Å². The van der Waals surface area contributed by atoms with E-state index >= 15 is 0 Å². The van der Waals surface area contributed by atoms with Crippen molar-refractivity contribution in [1.29, 1.82) is 0 Å². The molecular formula is C14H29Ce. The van der Waals surface area contributed by atoms with Crippen LogP contribution in [0.1, 0.15) is 84.0 Å². The quantitative estimate of drug-likeness (QED) is 0.435. The summed E-state index contributed by atoms with van der Waals surface area (Å²) in [5.41, 5.74) is 0. The molecule has 0 aromatic heterocycles. The topological polar surface area (TPSA) is 0 Å². The first-order valence-corrected chi connectivity index (χ1v) is 6.71. The van der Waals surface area contributed by atoms with Gasteiger partial charge < -0.3 is 0 Å². The standard InChI is InChI=1S/C14H29.Ce/c1-3-5-7-9-11-13-14-12-10-8-6-4-2;/h1,3-14H2,2H3;. The Morgan fingerprint density at radius 2 is 0.933 bits per heavy atom. The van der Waals surface area contributed by atoms with Crippen LogP contribution in [0.15, 0.2) is 0 Å². The van der Waals surface area contributed by atoms with Gasteiger partial charge in [0, 0.05) is 41.7 Å². The average Bonchev–Trinajstić information content (AvgIpc) is 2.21. The van der Waals surface area contributed by atoms with Crippen LogP contribution in [0.3, 0.4) is 0 Å². The van der Waals surface area contributed by atoms with Gasteiger partial charge in [-0.1, -0.05) is 90.9 Å². The first-order chi connectivity index (χ1) is 6.91. The molecule has 0 aromatic rings. The van der Waals surface area contributed by atoms with Gasteiger partial charge in [0.2, 0.25) is 0 Å². The van der Waals surface area contributed by atoms with Crippen molar-refractivity contribution in [3.63, 3.8) is 0 Å². The van der Waals surface area contributed by atoms with Crippen molar-refractivity contribution in [2.45, 2.75) is 84.0 Å². The first-order valence-electron chi connectivity index (χ1n) is 6.71. The fourth-order valence-corrected chi connectivity index (χ4v) is 1.84. The predicted molar refractivity (Wildman–Crippen MR) is 66.4 cm³/mol. The van der Waals surface area contributed by atoms with Crippen LogP contribution in [0.4, 0.5) is 0 Å². The molecule has 0 aliphatic carbocycles. The van der Waals surface area contributed by atoms with E-state index < -0.39 is 0 Å². The van der Waals surface area contributed by atoms with Gasteiger partial charge in [-0.15, -0.1) is 0 Å². The maximum atomic E-state index is 3.86. The number of unbranched alkanes of at least 4 members (excludes halogenated alkanes) is 11. The van der Waals surface area contributed by atoms with Gasteiger partial charge in [0.15, 0.2) is 0 Å². The Morgan fingerprint density at radius 1 is 0.600 bits per heavy atom. The molecule has 0 atom stereocenters. The average molecular weight is 338 g/mol. The van der Waals surface area contributed by atoms with E-state index in [-0.39, 0.29) is 41.7 Å². The molecule has 0 saturated carbocycles. The van der Waals surface area contributed by atoms with Crippen LogP contribution in [0.25, 0.3) is 0 Å². The molecule has 0 N–H and O–H groups in total. The summed E-state index contributed by atoms with van der Waals surface area (Å²) in [6, 6.07) is 0. The fourth-order valence-electron chi connectivity index (χ4n) is 1.84. The molecule has 0 amide bonds. The summed E-state index contributed by atoms with van der Waals surface area (Å²) in [5.74, 6) is 0. The van der Waals surface area contributed by atoms with Crippen molar-refractivity contribution >= 4 is 0 Å². The maximum Gasteiger partial charge on any atom is 0 e. The van der Waals surface area contributed by atoms with Gasteiger partial charge in [-0.25, -0.2) is 0 Å². The van der Waals surface area contributed by atoms with E-state index in [0.29, 0.717) is 0 Å². The fraction of sp³-hybridized carbons (Fsp3) is 0.929. The van der Waals surface area contributed by atoms with Crippen molar-refractivity contribution in [3.8, 4) is 0 Å². The van der Waals surface area contributed by atoms with Crippen molar-refractivity contribution in [1.82, 2.24) is 0 Å². The number of rotatable bonds is 11. The molecule has 1 radical (unpaired) electrons. The summed E-state index contributed by atoms with van der Waals surface area (Å²) >= 11 is 0. The summed E-state index contributed by atoms with van der Waals surface area (Å²) in [6.07, 6.45) is 16.9. The molecule has 0 spiro atoms. The maximum absolute atomic E-state index is 3.86. The second kappa shape index (κ2) is 17.8. The SMILES string of the molecule is [CH2]CCCCCCCCCCCCC.[Ce]. The van der Waals surface area contributed by atoms with Gasteiger partial charge in [0.25, 0.3) is 0 Å².